The van der Waals surface area contributed by atoms with Gasteiger partial charge in [0.25, 0.3) is 0 Å². The monoisotopic (exact) mass is 420 g/mol. The number of fused-ring (bicyclic) bond motifs is 1. The van der Waals surface area contributed by atoms with E-state index in [2.05, 4.69) is 10.8 Å². The van der Waals surface area contributed by atoms with E-state index in [1.165, 1.54) is 12.8 Å². The molecule has 2 saturated heterocycles. The molecule has 2 heterocycles. The maximum atomic E-state index is 12.6. The third kappa shape index (κ3) is 5.70. The summed E-state index contributed by atoms with van der Waals surface area (Å²) in [6.45, 7) is 1.18. The number of rotatable bonds is 9. The van der Waals surface area contributed by atoms with Crippen LogP contribution in [0.25, 0.3) is 0 Å². The Labute approximate surface area is 177 Å². The summed E-state index contributed by atoms with van der Waals surface area (Å²) in [5, 5.41) is 13.6. The van der Waals surface area contributed by atoms with Gasteiger partial charge in [-0.1, -0.05) is 43.2 Å². The highest BCUT2D eigenvalue weighted by atomic mass is 16.7. The molecule has 1 unspecified atom stereocenters. The second-order valence-corrected chi connectivity index (χ2v) is 8.35. The fourth-order valence-electron chi connectivity index (χ4n) is 4.42. The van der Waals surface area contributed by atoms with Gasteiger partial charge in [-0.2, -0.15) is 5.48 Å². The first-order valence-corrected chi connectivity index (χ1v) is 11.0. The highest BCUT2D eigenvalue weighted by molar-refractivity contribution is 5.68. The number of alkyl carbamates (subject to hydrolysis) is 1. The SMILES string of the molecule is O=C(N[C@@H](Cc1ccccc1)[C@@H](O)CNOC1CCCC1)OC1CO[C@H]2OCC[C@@H]12. The lowest BCUT2D eigenvalue weighted by Gasteiger charge is -2.26. The molecule has 1 amide bonds. The number of nitrogens with one attached hydrogen (secondary N) is 2. The van der Waals surface area contributed by atoms with Crippen LogP contribution in [-0.4, -0.2) is 61.6 Å². The molecule has 3 fully saturated rings. The van der Waals surface area contributed by atoms with Crippen molar-refractivity contribution in [2.45, 2.75) is 69.2 Å². The van der Waals surface area contributed by atoms with Crippen LogP contribution in [0.2, 0.25) is 0 Å². The third-order valence-corrected chi connectivity index (χ3v) is 6.15. The van der Waals surface area contributed by atoms with Crippen molar-refractivity contribution < 1.29 is 28.9 Å². The summed E-state index contributed by atoms with van der Waals surface area (Å²) < 4.78 is 16.6. The number of hydrogen-bond acceptors (Lipinski definition) is 7. The van der Waals surface area contributed by atoms with Crippen LogP contribution in [0, 0.1) is 5.92 Å². The van der Waals surface area contributed by atoms with Gasteiger partial charge in [0, 0.05) is 6.54 Å². The van der Waals surface area contributed by atoms with Crippen molar-refractivity contribution in [3.63, 3.8) is 0 Å². The van der Waals surface area contributed by atoms with Crippen LogP contribution in [-0.2, 0) is 25.5 Å². The van der Waals surface area contributed by atoms with Gasteiger partial charge in [0.15, 0.2) is 6.29 Å². The Hall–Kier alpha value is -1.71. The minimum absolute atomic E-state index is 0.0784. The number of carbonyl (C=O) groups excluding carboxylic acids is 1. The maximum Gasteiger partial charge on any atom is 0.407 e. The van der Waals surface area contributed by atoms with Crippen molar-refractivity contribution in [3.8, 4) is 0 Å². The summed E-state index contributed by atoms with van der Waals surface area (Å²) in [6.07, 6.45) is 3.96. The number of carbonyl (C=O) groups is 1. The molecule has 0 bridgehead atoms. The van der Waals surface area contributed by atoms with Crippen molar-refractivity contribution in [3.05, 3.63) is 35.9 Å². The third-order valence-electron chi connectivity index (χ3n) is 6.15. The van der Waals surface area contributed by atoms with Crippen LogP contribution in [0.1, 0.15) is 37.7 Å². The first kappa shape index (κ1) is 21.5. The highest BCUT2D eigenvalue weighted by Crippen LogP contribution is 2.33. The zero-order chi connectivity index (χ0) is 20.8. The number of aliphatic hydroxyl groups excluding tert-OH is 1. The van der Waals surface area contributed by atoms with E-state index >= 15 is 0 Å². The summed E-state index contributed by atoms with van der Waals surface area (Å²) in [5.41, 5.74) is 3.91. The average Bonchev–Trinajstić information content (AvgIpc) is 3.48. The van der Waals surface area contributed by atoms with Crippen molar-refractivity contribution in [1.29, 1.82) is 0 Å². The van der Waals surface area contributed by atoms with Crippen molar-refractivity contribution in [2.75, 3.05) is 19.8 Å². The number of benzene rings is 1. The molecule has 3 aliphatic rings. The van der Waals surface area contributed by atoms with Gasteiger partial charge in [-0.05, 0) is 31.2 Å². The zero-order valence-electron chi connectivity index (χ0n) is 17.2. The number of hydrogen-bond donors (Lipinski definition) is 3. The molecule has 5 atom stereocenters. The van der Waals surface area contributed by atoms with E-state index in [1.54, 1.807) is 0 Å². The maximum absolute atomic E-state index is 12.6. The summed E-state index contributed by atoms with van der Waals surface area (Å²) in [4.78, 5) is 18.2. The van der Waals surface area contributed by atoms with Crippen LogP contribution >= 0.6 is 0 Å². The fraction of sp³-hybridized carbons (Fsp3) is 0.682. The molecular formula is C22H32N2O6. The minimum Gasteiger partial charge on any atom is -0.443 e. The number of hydroxylamine groups is 1. The van der Waals surface area contributed by atoms with Crippen LogP contribution in [0.15, 0.2) is 30.3 Å². The van der Waals surface area contributed by atoms with Gasteiger partial charge in [-0.25, -0.2) is 4.79 Å². The van der Waals surface area contributed by atoms with Gasteiger partial charge in [0.2, 0.25) is 0 Å². The zero-order valence-corrected chi connectivity index (χ0v) is 17.2. The lowest BCUT2D eigenvalue weighted by molar-refractivity contribution is -0.0907. The number of amides is 1. The minimum atomic E-state index is -0.832. The van der Waals surface area contributed by atoms with Gasteiger partial charge < -0.3 is 24.6 Å². The van der Waals surface area contributed by atoms with Gasteiger partial charge in [-0.3, -0.25) is 4.84 Å². The Morgan fingerprint density at radius 1 is 1.17 bits per heavy atom. The molecule has 1 aromatic carbocycles. The molecule has 0 radical (unpaired) electrons. The first-order valence-electron chi connectivity index (χ1n) is 11.0. The van der Waals surface area contributed by atoms with E-state index in [9.17, 15) is 9.90 Å². The van der Waals surface area contributed by atoms with Gasteiger partial charge in [0.1, 0.15) is 6.10 Å². The molecule has 0 aromatic heterocycles. The summed E-state index contributed by atoms with van der Waals surface area (Å²) >= 11 is 0. The molecule has 4 rings (SSSR count). The Morgan fingerprint density at radius 3 is 2.77 bits per heavy atom. The van der Waals surface area contributed by atoms with E-state index in [0.717, 1.165) is 24.8 Å². The Balaban J connectivity index is 1.31. The van der Waals surface area contributed by atoms with E-state index in [-0.39, 0.29) is 31.0 Å². The van der Waals surface area contributed by atoms with Crippen LogP contribution in [0.4, 0.5) is 4.79 Å². The van der Waals surface area contributed by atoms with Gasteiger partial charge in [-0.15, -0.1) is 0 Å². The van der Waals surface area contributed by atoms with Gasteiger partial charge in [0.05, 0.1) is 37.4 Å². The van der Waals surface area contributed by atoms with Crippen LogP contribution in [0.3, 0.4) is 0 Å². The Bertz CT molecular complexity index is 669. The van der Waals surface area contributed by atoms with E-state index in [0.29, 0.717) is 19.6 Å². The largest absolute Gasteiger partial charge is 0.443 e. The van der Waals surface area contributed by atoms with Crippen molar-refractivity contribution in [2.24, 2.45) is 5.92 Å². The normalized spacial score (nSPS) is 28.2. The Kier molecular flexibility index (Phi) is 7.57. The second kappa shape index (κ2) is 10.5. The highest BCUT2D eigenvalue weighted by Gasteiger charge is 2.44. The lowest BCUT2D eigenvalue weighted by Crippen LogP contribution is -2.50. The van der Waals surface area contributed by atoms with Gasteiger partial charge >= 0.3 is 6.09 Å². The van der Waals surface area contributed by atoms with Crippen LogP contribution in [0.5, 0.6) is 0 Å². The molecule has 1 aliphatic carbocycles. The quantitative estimate of drug-likeness (QED) is 0.525. The van der Waals surface area contributed by atoms with Crippen molar-refractivity contribution in [1.82, 2.24) is 10.8 Å². The molecule has 1 saturated carbocycles. The molecule has 8 nitrogen and oxygen atoms in total. The standard InChI is InChI=1S/C22H32N2O6/c25-19(13-23-30-16-8-4-5-9-16)18(12-15-6-2-1-3-7-15)24-22(26)29-20-14-28-21-17(20)10-11-27-21/h1-3,6-7,16-21,23,25H,4-5,8-14H2,(H,24,26)/t17-,18-,19-,20?,21+/m0/s1. The Morgan fingerprint density at radius 2 is 1.97 bits per heavy atom. The predicted octanol–water partition coefficient (Wildman–Crippen LogP) is 1.91. The fourth-order valence-corrected chi connectivity index (χ4v) is 4.42. The van der Waals surface area contributed by atoms with E-state index in [4.69, 9.17) is 19.0 Å². The summed E-state index contributed by atoms with van der Waals surface area (Å²) in [7, 11) is 0. The van der Waals surface area contributed by atoms with E-state index < -0.39 is 18.2 Å². The summed E-state index contributed by atoms with van der Waals surface area (Å²) in [5.74, 6) is 0.0784. The molecular weight excluding hydrogens is 388 g/mol. The van der Waals surface area contributed by atoms with Crippen LogP contribution < -0.4 is 10.8 Å². The first-order chi connectivity index (χ1) is 14.7. The number of aliphatic hydroxyl groups is 1. The molecule has 166 valence electrons. The topological polar surface area (TPSA) is 98.3 Å². The predicted molar refractivity (Wildman–Crippen MR) is 108 cm³/mol. The summed E-state index contributed by atoms with van der Waals surface area (Å²) in [6, 6.07) is 9.25. The second-order valence-electron chi connectivity index (χ2n) is 8.35. The molecule has 3 N–H and O–H groups in total. The molecule has 0 spiro atoms. The number of ether oxygens (including phenoxy) is 3. The smallest absolute Gasteiger partial charge is 0.407 e. The molecule has 8 heteroatoms. The van der Waals surface area contributed by atoms with E-state index in [1.807, 2.05) is 30.3 Å². The molecule has 2 aliphatic heterocycles. The van der Waals surface area contributed by atoms with Crippen molar-refractivity contribution >= 4 is 6.09 Å². The molecule has 1 aromatic rings. The molecule has 30 heavy (non-hydrogen) atoms. The lowest BCUT2D eigenvalue weighted by atomic mass is 10.0. The average molecular weight is 421 g/mol.